The van der Waals surface area contributed by atoms with Gasteiger partial charge in [-0.3, -0.25) is 4.79 Å². The van der Waals surface area contributed by atoms with Crippen LogP contribution >= 0.6 is 11.3 Å². The Morgan fingerprint density at radius 3 is 2.39 bits per heavy atom. The van der Waals surface area contributed by atoms with Gasteiger partial charge in [0.25, 0.3) is 0 Å². The van der Waals surface area contributed by atoms with Gasteiger partial charge >= 0.3 is 5.97 Å². The lowest BCUT2D eigenvalue weighted by Crippen LogP contribution is -2.16. The van der Waals surface area contributed by atoms with Crippen molar-refractivity contribution in [1.29, 1.82) is 0 Å². The van der Waals surface area contributed by atoms with Crippen LogP contribution in [0.5, 0.6) is 0 Å². The van der Waals surface area contributed by atoms with Crippen molar-refractivity contribution >= 4 is 28.2 Å². The van der Waals surface area contributed by atoms with Crippen molar-refractivity contribution < 1.29 is 14.3 Å². The molecule has 0 aliphatic heterocycles. The fourth-order valence-corrected chi connectivity index (χ4v) is 5.38. The summed E-state index contributed by atoms with van der Waals surface area (Å²) in [5.74, 6) is 0.370. The van der Waals surface area contributed by atoms with Crippen LogP contribution in [0.1, 0.15) is 105 Å². The first kappa shape index (κ1) is 22.9. The maximum Gasteiger partial charge on any atom is 0.341 e. The SMILES string of the molecule is CCCCCCCCCCC(=O)Nc1sc2c(c1C(=O)OC)CCC(CC)C2. The number of nitrogens with one attached hydrogen (secondary N) is 1. The Balaban J connectivity index is 1.86. The number of rotatable bonds is 12. The third-order valence-electron chi connectivity index (χ3n) is 5.84. The zero-order valence-electron chi connectivity index (χ0n) is 17.9. The molecule has 4 nitrogen and oxygen atoms in total. The van der Waals surface area contributed by atoms with E-state index in [9.17, 15) is 9.59 Å². The molecule has 28 heavy (non-hydrogen) atoms. The summed E-state index contributed by atoms with van der Waals surface area (Å²) < 4.78 is 5.01. The van der Waals surface area contributed by atoms with Crippen LogP contribution in [-0.2, 0) is 22.4 Å². The number of thiophene rings is 1. The Kier molecular flexibility index (Phi) is 10.0. The zero-order chi connectivity index (χ0) is 20.4. The van der Waals surface area contributed by atoms with Gasteiger partial charge in [-0.25, -0.2) is 4.79 Å². The quantitative estimate of drug-likeness (QED) is 0.317. The van der Waals surface area contributed by atoms with E-state index in [4.69, 9.17) is 4.74 Å². The number of unbranched alkanes of at least 4 members (excludes halogenated alkanes) is 7. The van der Waals surface area contributed by atoms with Crippen LogP contribution in [0, 0.1) is 5.92 Å². The van der Waals surface area contributed by atoms with Gasteiger partial charge in [0.1, 0.15) is 5.00 Å². The lowest BCUT2D eigenvalue weighted by atomic mass is 9.85. The predicted octanol–water partition coefficient (Wildman–Crippen LogP) is 6.52. The van der Waals surface area contributed by atoms with Crippen LogP contribution in [0.3, 0.4) is 0 Å². The second-order valence-electron chi connectivity index (χ2n) is 7.99. The molecule has 1 amide bonds. The number of carbonyl (C=O) groups is 2. The van der Waals surface area contributed by atoms with Crippen molar-refractivity contribution in [2.75, 3.05) is 12.4 Å². The van der Waals surface area contributed by atoms with Gasteiger partial charge in [0.15, 0.2) is 0 Å². The summed E-state index contributed by atoms with van der Waals surface area (Å²) in [6.07, 6.45) is 14.4. The smallest absolute Gasteiger partial charge is 0.341 e. The average molecular weight is 408 g/mol. The molecule has 5 heteroatoms. The van der Waals surface area contributed by atoms with Gasteiger partial charge in [0.2, 0.25) is 5.91 Å². The molecule has 1 aliphatic carbocycles. The van der Waals surface area contributed by atoms with Gasteiger partial charge in [0.05, 0.1) is 12.7 Å². The van der Waals surface area contributed by atoms with E-state index in [1.54, 1.807) is 11.3 Å². The molecular formula is C23H37NO3S. The summed E-state index contributed by atoms with van der Waals surface area (Å²) in [4.78, 5) is 26.0. The van der Waals surface area contributed by atoms with E-state index in [0.29, 0.717) is 22.9 Å². The van der Waals surface area contributed by atoms with Crippen molar-refractivity contribution in [2.24, 2.45) is 5.92 Å². The number of amides is 1. The normalized spacial score (nSPS) is 15.9. The molecule has 1 atom stereocenters. The highest BCUT2D eigenvalue weighted by Crippen LogP contribution is 2.40. The first-order valence-corrected chi connectivity index (χ1v) is 11.9. The number of hydrogen-bond donors (Lipinski definition) is 1. The Morgan fingerprint density at radius 1 is 1.07 bits per heavy atom. The van der Waals surface area contributed by atoms with Gasteiger partial charge in [-0.05, 0) is 37.2 Å². The number of ether oxygens (including phenoxy) is 1. The Hall–Kier alpha value is -1.36. The molecule has 0 saturated carbocycles. The van der Waals surface area contributed by atoms with E-state index in [0.717, 1.165) is 44.1 Å². The molecule has 0 aromatic carbocycles. The Labute approximate surface area is 174 Å². The zero-order valence-corrected chi connectivity index (χ0v) is 18.7. The fourth-order valence-electron chi connectivity index (χ4n) is 4.02. The first-order chi connectivity index (χ1) is 13.6. The number of hydrogen-bond acceptors (Lipinski definition) is 4. The molecular weight excluding hydrogens is 370 g/mol. The highest BCUT2D eigenvalue weighted by atomic mass is 32.1. The van der Waals surface area contributed by atoms with Gasteiger partial charge < -0.3 is 10.1 Å². The maximum absolute atomic E-state index is 12.4. The van der Waals surface area contributed by atoms with E-state index >= 15 is 0 Å². The minimum atomic E-state index is -0.324. The van der Waals surface area contributed by atoms with Gasteiger partial charge in [-0.1, -0.05) is 65.2 Å². The molecule has 1 N–H and O–H groups in total. The molecule has 0 bridgehead atoms. The standard InChI is InChI=1S/C23H37NO3S/c1-4-6-7-8-9-10-11-12-13-20(25)24-22-21(23(26)27-3)18-15-14-17(5-2)16-19(18)28-22/h17H,4-16H2,1-3H3,(H,24,25). The molecule has 0 spiro atoms. The van der Waals surface area contributed by atoms with E-state index in [1.165, 1.54) is 50.5 Å². The summed E-state index contributed by atoms with van der Waals surface area (Å²) in [6.45, 7) is 4.45. The van der Waals surface area contributed by atoms with Crippen molar-refractivity contribution in [1.82, 2.24) is 0 Å². The third kappa shape index (κ3) is 6.61. The lowest BCUT2D eigenvalue weighted by molar-refractivity contribution is -0.116. The molecule has 1 heterocycles. The fraction of sp³-hybridized carbons (Fsp3) is 0.739. The minimum absolute atomic E-state index is 0.0155. The average Bonchev–Trinajstić information content (AvgIpc) is 3.06. The van der Waals surface area contributed by atoms with Gasteiger partial charge in [0, 0.05) is 11.3 Å². The molecule has 2 rings (SSSR count). The van der Waals surface area contributed by atoms with Crippen molar-refractivity contribution in [3.05, 3.63) is 16.0 Å². The van der Waals surface area contributed by atoms with Crippen LogP contribution < -0.4 is 5.32 Å². The van der Waals surface area contributed by atoms with Crippen molar-refractivity contribution in [3.8, 4) is 0 Å². The number of fused-ring (bicyclic) bond motifs is 1. The van der Waals surface area contributed by atoms with Gasteiger partial charge in [-0.2, -0.15) is 0 Å². The first-order valence-electron chi connectivity index (χ1n) is 11.1. The molecule has 0 radical (unpaired) electrons. The Morgan fingerprint density at radius 2 is 1.75 bits per heavy atom. The summed E-state index contributed by atoms with van der Waals surface area (Å²) >= 11 is 1.58. The number of anilines is 1. The van der Waals surface area contributed by atoms with Crippen LogP contribution in [-0.4, -0.2) is 19.0 Å². The monoisotopic (exact) mass is 407 g/mol. The number of methoxy groups -OCH3 is 1. The third-order valence-corrected chi connectivity index (χ3v) is 7.01. The van der Waals surface area contributed by atoms with E-state index in [1.807, 2.05) is 0 Å². The Bertz CT molecular complexity index is 638. The van der Waals surface area contributed by atoms with E-state index in [2.05, 4.69) is 19.2 Å². The summed E-state index contributed by atoms with van der Waals surface area (Å²) in [5.41, 5.74) is 1.70. The van der Waals surface area contributed by atoms with Crippen molar-refractivity contribution in [2.45, 2.75) is 97.3 Å². The van der Waals surface area contributed by atoms with E-state index < -0.39 is 0 Å². The molecule has 1 aromatic heterocycles. The second-order valence-corrected chi connectivity index (χ2v) is 9.09. The molecule has 1 unspecified atom stereocenters. The van der Waals surface area contributed by atoms with Crippen LogP contribution in [0.2, 0.25) is 0 Å². The predicted molar refractivity (Wildman–Crippen MR) is 117 cm³/mol. The highest BCUT2D eigenvalue weighted by molar-refractivity contribution is 7.17. The van der Waals surface area contributed by atoms with Crippen LogP contribution in [0.4, 0.5) is 5.00 Å². The molecule has 0 saturated heterocycles. The van der Waals surface area contributed by atoms with E-state index in [-0.39, 0.29) is 11.9 Å². The molecule has 1 aromatic rings. The topological polar surface area (TPSA) is 55.4 Å². The number of esters is 1. The van der Waals surface area contributed by atoms with Crippen molar-refractivity contribution in [3.63, 3.8) is 0 Å². The lowest BCUT2D eigenvalue weighted by Gasteiger charge is -2.20. The van der Waals surface area contributed by atoms with Crippen LogP contribution in [0.15, 0.2) is 0 Å². The maximum atomic E-state index is 12.4. The summed E-state index contributed by atoms with van der Waals surface area (Å²) in [5, 5.41) is 3.71. The highest BCUT2D eigenvalue weighted by Gasteiger charge is 2.29. The second kappa shape index (κ2) is 12.3. The minimum Gasteiger partial charge on any atom is -0.465 e. The summed E-state index contributed by atoms with van der Waals surface area (Å²) in [7, 11) is 1.41. The largest absolute Gasteiger partial charge is 0.465 e. The molecule has 1 aliphatic rings. The summed E-state index contributed by atoms with van der Waals surface area (Å²) in [6, 6.07) is 0. The van der Waals surface area contributed by atoms with Crippen LogP contribution in [0.25, 0.3) is 0 Å². The van der Waals surface area contributed by atoms with Gasteiger partial charge in [-0.15, -0.1) is 11.3 Å². The molecule has 158 valence electrons. The molecule has 0 fully saturated rings. The number of carbonyl (C=O) groups excluding carboxylic acids is 2.